The molecule has 1 aliphatic heterocycles. The van der Waals surface area contributed by atoms with Crippen LogP contribution in [0.5, 0.6) is 0 Å². The third-order valence-corrected chi connectivity index (χ3v) is 4.59. The number of piperidine rings is 1. The van der Waals surface area contributed by atoms with E-state index in [2.05, 4.69) is 0 Å². The van der Waals surface area contributed by atoms with Crippen molar-refractivity contribution in [2.75, 3.05) is 6.54 Å². The van der Waals surface area contributed by atoms with E-state index in [9.17, 15) is 9.90 Å². The Hall–Kier alpha value is -0.770. The molecule has 0 radical (unpaired) electrons. The molecular weight excluding hydrogens is 297 g/mol. The van der Waals surface area contributed by atoms with Gasteiger partial charge in [0.25, 0.3) is 0 Å². The van der Waals surface area contributed by atoms with Gasteiger partial charge >= 0.3 is 5.97 Å². The molecule has 1 aliphatic rings. The summed E-state index contributed by atoms with van der Waals surface area (Å²) in [4.78, 5) is 13.6. The van der Waals surface area contributed by atoms with Gasteiger partial charge in [0.15, 0.2) is 0 Å². The number of benzene rings is 1. The molecule has 20 heavy (non-hydrogen) atoms. The van der Waals surface area contributed by atoms with Gasteiger partial charge in [-0.15, -0.1) is 0 Å². The summed E-state index contributed by atoms with van der Waals surface area (Å²) in [5.41, 5.74) is 0.637. The first kappa shape index (κ1) is 15.6. The summed E-state index contributed by atoms with van der Waals surface area (Å²) in [6, 6.07) is 4.81. The van der Waals surface area contributed by atoms with Crippen molar-refractivity contribution < 1.29 is 9.90 Å². The van der Waals surface area contributed by atoms with Gasteiger partial charge in [0.2, 0.25) is 0 Å². The fourth-order valence-electron chi connectivity index (χ4n) is 3.04. The van der Waals surface area contributed by atoms with E-state index in [0.717, 1.165) is 24.9 Å². The van der Waals surface area contributed by atoms with E-state index in [0.29, 0.717) is 16.6 Å². The van der Waals surface area contributed by atoms with Crippen LogP contribution in [0.2, 0.25) is 10.0 Å². The Bertz CT molecular complexity index is 517. The van der Waals surface area contributed by atoms with Gasteiger partial charge in [-0.25, -0.2) is 0 Å². The largest absolute Gasteiger partial charge is 0.480 e. The van der Waals surface area contributed by atoms with E-state index in [1.807, 2.05) is 24.8 Å². The molecule has 2 rings (SSSR count). The van der Waals surface area contributed by atoms with Crippen LogP contribution in [0.4, 0.5) is 0 Å². The Morgan fingerprint density at radius 2 is 2.15 bits per heavy atom. The Morgan fingerprint density at radius 1 is 1.45 bits per heavy atom. The average Bonchev–Trinajstić information content (AvgIpc) is 2.32. The van der Waals surface area contributed by atoms with Crippen LogP contribution in [0.1, 0.15) is 32.3 Å². The zero-order chi connectivity index (χ0) is 14.9. The number of hydrogen-bond donors (Lipinski definition) is 1. The van der Waals surface area contributed by atoms with Crippen molar-refractivity contribution in [1.29, 1.82) is 0 Å². The number of hydrogen-bond acceptors (Lipinski definition) is 2. The van der Waals surface area contributed by atoms with Crippen molar-refractivity contribution in [3.05, 3.63) is 33.8 Å². The molecule has 0 aromatic heterocycles. The lowest BCUT2D eigenvalue weighted by Gasteiger charge is -2.44. The zero-order valence-corrected chi connectivity index (χ0v) is 13.2. The molecule has 1 saturated heterocycles. The second-order valence-corrected chi connectivity index (χ2v) is 6.88. The highest BCUT2D eigenvalue weighted by molar-refractivity contribution is 6.33. The van der Waals surface area contributed by atoms with Gasteiger partial charge in [0.1, 0.15) is 6.04 Å². The first-order chi connectivity index (χ1) is 9.31. The maximum absolute atomic E-state index is 11.6. The van der Waals surface area contributed by atoms with Crippen LogP contribution in [0.15, 0.2) is 18.2 Å². The van der Waals surface area contributed by atoms with Crippen LogP contribution in [-0.4, -0.2) is 28.6 Å². The standard InChI is InChI=1S/C15H19Cl2NO2/c1-15(2)6-3-7-18(13(15)14(19)20)9-10-8-11(16)4-5-12(10)17/h4-5,8,13H,3,6-7,9H2,1-2H3,(H,19,20). The first-order valence-corrected chi connectivity index (χ1v) is 7.47. The van der Waals surface area contributed by atoms with Gasteiger partial charge < -0.3 is 5.11 Å². The SMILES string of the molecule is CC1(C)CCCN(Cc2cc(Cl)ccc2Cl)C1C(=O)O. The van der Waals surface area contributed by atoms with Gasteiger partial charge in [-0.1, -0.05) is 37.0 Å². The highest BCUT2D eigenvalue weighted by atomic mass is 35.5. The Morgan fingerprint density at radius 3 is 2.80 bits per heavy atom. The lowest BCUT2D eigenvalue weighted by atomic mass is 9.76. The minimum atomic E-state index is -0.771. The summed E-state index contributed by atoms with van der Waals surface area (Å²) in [6.45, 7) is 5.30. The van der Waals surface area contributed by atoms with Crippen LogP contribution in [0.25, 0.3) is 0 Å². The predicted octanol–water partition coefficient (Wildman–Crippen LogP) is 4.07. The van der Waals surface area contributed by atoms with Crippen LogP contribution < -0.4 is 0 Å². The van der Waals surface area contributed by atoms with E-state index in [1.165, 1.54) is 0 Å². The van der Waals surface area contributed by atoms with Crippen LogP contribution >= 0.6 is 23.2 Å². The van der Waals surface area contributed by atoms with E-state index in [-0.39, 0.29) is 5.41 Å². The van der Waals surface area contributed by atoms with E-state index in [4.69, 9.17) is 23.2 Å². The maximum Gasteiger partial charge on any atom is 0.321 e. The van der Waals surface area contributed by atoms with Gasteiger partial charge in [-0.2, -0.15) is 0 Å². The number of rotatable bonds is 3. The smallest absolute Gasteiger partial charge is 0.321 e. The fraction of sp³-hybridized carbons (Fsp3) is 0.533. The molecule has 1 atom stereocenters. The second-order valence-electron chi connectivity index (χ2n) is 6.04. The van der Waals surface area contributed by atoms with Gasteiger partial charge in [0, 0.05) is 16.6 Å². The van der Waals surface area contributed by atoms with Crippen molar-refractivity contribution in [3.8, 4) is 0 Å². The molecule has 0 amide bonds. The van der Waals surface area contributed by atoms with E-state index in [1.54, 1.807) is 12.1 Å². The van der Waals surface area contributed by atoms with Crippen LogP contribution in [0.3, 0.4) is 0 Å². The molecule has 3 nitrogen and oxygen atoms in total. The number of likely N-dealkylation sites (tertiary alicyclic amines) is 1. The molecule has 5 heteroatoms. The van der Waals surface area contributed by atoms with E-state index >= 15 is 0 Å². The molecular formula is C15H19Cl2NO2. The average molecular weight is 316 g/mol. The Balaban J connectivity index is 2.26. The second kappa shape index (κ2) is 5.92. The van der Waals surface area contributed by atoms with Crippen LogP contribution in [0, 0.1) is 5.41 Å². The topological polar surface area (TPSA) is 40.5 Å². The minimum Gasteiger partial charge on any atom is -0.480 e. The van der Waals surface area contributed by atoms with Crippen molar-refractivity contribution in [2.45, 2.75) is 39.3 Å². The van der Waals surface area contributed by atoms with Crippen molar-refractivity contribution >= 4 is 29.2 Å². The summed E-state index contributed by atoms with van der Waals surface area (Å²) in [5.74, 6) is -0.771. The van der Waals surface area contributed by atoms with E-state index < -0.39 is 12.0 Å². The normalized spacial score (nSPS) is 22.7. The quantitative estimate of drug-likeness (QED) is 0.914. The number of carbonyl (C=O) groups is 1. The first-order valence-electron chi connectivity index (χ1n) is 6.72. The molecule has 110 valence electrons. The maximum atomic E-state index is 11.6. The minimum absolute atomic E-state index is 0.241. The summed E-state index contributed by atoms with van der Waals surface area (Å²) in [5, 5.41) is 10.8. The summed E-state index contributed by atoms with van der Waals surface area (Å²) >= 11 is 12.2. The molecule has 1 aromatic rings. The molecule has 1 N–H and O–H groups in total. The predicted molar refractivity (Wildman–Crippen MR) is 81.3 cm³/mol. The fourth-order valence-corrected chi connectivity index (χ4v) is 3.41. The molecule has 0 spiro atoms. The number of carboxylic acid groups (broad SMARTS) is 1. The van der Waals surface area contributed by atoms with Gasteiger partial charge in [0.05, 0.1) is 0 Å². The zero-order valence-electron chi connectivity index (χ0n) is 11.7. The molecule has 0 aliphatic carbocycles. The molecule has 1 aromatic carbocycles. The monoisotopic (exact) mass is 315 g/mol. The number of nitrogens with zero attached hydrogens (tertiary/aromatic N) is 1. The highest BCUT2D eigenvalue weighted by Gasteiger charge is 2.42. The third-order valence-electron chi connectivity index (χ3n) is 3.99. The molecule has 1 unspecified atom stereocenters. The van der Waals surface area contributed by atoms with Crippen molar-refractivity contribution in [3.63, 3.8) is 0 Å². The summed E-state index contributed by atoms with van der Waals surface area (Å²) in [7, 11) is 0. The van der Waals surface area contributed by atoms with Crippen molar-refractivity contribution in [2.24, 2.45) is 5.41 Å². The molecule has 1 heterocycles. The number of carboxylic acids is 1. The van der Waals surface area contributed by atoms with Crippen LogP contribution in [-0.2, 0) is 11.3 Å². The lowest BCUT2D eigenvalue weighted by Crippen LogP contribution is -2.53. The third kappa shape index (κ3) is 3.27. The summed E-state index contributed by atoms with van der Waals surface area (Å²) < 4.78 is 0. The summed E-state index contributed by atoms with van der Waals surface area (Å²) in [6.07, 6.45) is 1.92. The Kier molecular flexibility index (Phi) is 4.62. The van der Waals surface area contributed by atoms with Crippen molar-refractivity contribution in [1.82, 2.24) is 4.90 Å². The lowest BCUT2D eigenvalue weighted by molar-refractivity contribution is -0.151. The molecule has 0 bridgehead atoms. The van der Waals surface area contributed by atoms with Gasteiger partial charge in [-0.3, -0.25) is 9.69 Å². The van der Waals surface area contributed by atoms with Gasteiger partial charge in [-0.05, 0) is 48.6 Å². The number of aliphatic carboxylic acids is 1. The number of halogens is 2. The molecule has 0 saturated carbocycles. The highest BCUT2D eigenvalue weighted by Crippen LogP contribution is 2.36. The Labute approximate surface area is 129 Å². The molecule has 1 fully saturated rings.